The summed E-state index contributed by atoms with van der Waals surface area (Å²) in [6.45, 7) is 2.39. The number of rotatable bonds is 6. The molecule has 3 rings (SSSR count). The Hall–Kier alpha value is -1.69. The van der Waals surface area contributed by atoms with Gasteiger partial charge >= 0.3 is 11.9 Å². The number of carbonyl (C=O) groups excluding carboxylic acids is 2. The first-order chi connectivity index (χ1) is 14.7. The zero-order valence-corrected chi connectivity index (χ0v) is 18.9. The molecule has 0 unspecified atom stereocenters. The first-order valence-corrected chi connectivity index (χ1v) is 11.6. The van der Waals surface area contributed by atoms with E-state index in [1.807, 2.05) is 6.07 Å². The number of alkyl halides is 2. The van der Waals surface area contributed by atoms with Gasteiger partial charge in [0.1, 0.15) is 12.2 Å². The van der Waals surface area contributed by atoms with Crippen LogP contribution in [0.4, 0.5) is 8.78 Å². The van der Waals surface area contributed by atoms with Crippen molar-refractivity contribution < 1.29 is 27.8 Å². The molecular weight excluding hydrogens is 426 g/mol. The van der Waals surface area contributed by atoms with Crippen LogP contribution in [-0.4, -0.2) is 36.5 Å². The van der Waals surface area contributed by atoms with Crippen molar-refractivity contribution in [2.24, 2.45) is 0 Å². The van der Waals surface area contributed by atoms with Crippen molar-refractivity contribution in [1.82, 2.24) is 0 Å². The Bertz CT molecular complexity index is 767. The molecule has 31 heavy (non-hydrogen) atoms. The lowest BCUT2D eigenvalue weighted by Crippen LogP contribution is -2.27. The van der Waals surface area contributed by atoms with Gasteiger partial charge in [0, 0.05) is 5.02 Å². The van der Waals surface area contributed by atoms with E-state index in [0.29, 0.717) is 24.7 Å². The summed E-state index contributed by atoms with van der Waals surface area (Å²) in [5.74, 6) is -0.909. The Morgan fingerprint density at radius 3 is 1.71 bits per heavy atom. The molecule has 1 aromatic carbocycles. The molecule has 172 valence electrons. The molecule has 0 saturated heterocycles. The smallest absolute Gasteiger partial charge is 0.340 e. The monoisotopic (exact) mass is 456 g/mol. The third-order valence-electron chi connectivity index (χ3n) is 6.50. The highest BCUT2D eigenvalue weighted by Gasteiger charge is 2.29. The molecule has 0 radical (unpaired) electrons. The van der Waals surface area contributed by atoms with Gasteiger partial charge in [0.15, 0.2) is 12.3 Å². The van der Waals surface area contributed by atoms with Gasteiger partial charge in [0.2, 0.25) is 0 Å². The number of ether oxygens (including phenoxy) is 2. The van der Waals surface area contributed by atoms with Crippen LogP contribution >= 0.6 is 11.6 Å². The second kappa shape index (κ2) is 10.8. The lowest BCUT2D eigenvalue weighted by atomic mass is 9.80. The summed E-state index contributed by atoms with van der Waals surface area (Å²) in [6.07, 6.45) is 2.71. The van der Waals surface area contributed by atoms with E-state index in [-0.39, 0.29) is 12.2 Å². The van der Waals surface area contributed by atoms with E-state index < -0.39 is 24.3 Å². The van der Waals surface area contributed by atoms with Crippen molar-refractivity contribution in [3.05, 3.63) is 34.3 Å². The highest BCUT2D eigenvalue weighted by atomic mass is 35.5. The van der Waals surface area contributed by atoms with Crippen molar-refractivity contribution >= 4 is 23.5 Å². The van der Waals surface area contributed by atoms with Crippen LogP contribution in [0.25, 0.3) is 0 Å². The van der Waals surface area contributed by atoms with Gasteiger partial charge in [-0.15, -0.1) is 0 Å². The van der Waals surface area contributed by atoms with Crippen LogP contribution < -0.4 is 0 Å². The Labute approximate surface area is 187 Å². The minimum absolute atomic E-state index is 0.207. The topological polar surface area (TPSA) is 52.6 Å². The Kier molecular flexibility index (Phi) is 8.31. The molecule has 2 saturated carbocycles. The van der Waals surface area contributed by atoms with Crippen LogP contribution in [0.5, 0.6) is 0 Å². The predicted octanol–water partition coefficient (Wildman–Crippen LogP) is 6.19. The number of esters is 2. The fourth-order valence-electron chi connectivity index (χ4n) is 4.65. The lowest BCUT2D eigenvalue weighted by Gasteiger charge is -2.31. The summed E-state index contributed by atoms with van der Waals surface area (Å²) in [4.78, 5) is 22.9. The Balaban J connectivity index is 1.52. The van der Waals surface area contributed by atoms with E-state index in [9.17, 15) is 18.4 Å². The molecule has 1 aromatic rings. The number of hydrogen-bond acceptors (Lipinski definition) is 4. The maximum Gasteiger partial charge on any atom is 0.340 e. The highest BCUT2D eigenvalue weighted by molar-refractivity contribution is 6.31. The molecule has 0 aromatic heterocycles. The summed E-state index contributed by atoms with van der Waals surface area (Å²) < 4.78 is 36.5. The van der Waals surface area contributed by atoms with Crippen molar-refractivity contribution in [3.8, 4) is 0 Å². The zero-order valence-electron chi connectivity index (χ0n) is 18.1. The van der Waals surface area contributed by atoms with Gasteiger partial charge in [-0.3, -0.25) is 0 Å². The molecular formula is C24H31ClF2O4. The van der Waals surface area contributed by atoms with Crippen molar-refractivity contribution in [2.75, 3.05) is 0 Å². The molecule has 2 atom stereocenters. The largest absolute Gasteiger partial charge is 0.460 e. The van der Waals surface area contributed by atoms with Crippen LogP contribution in [0.15, 0.2) is 18.2 Å². The number of halogens is 3. The third-order valence-corrected chi connectivity index (χ3v) is 6.83. The zero-order chi connectivity index (χ0) is 22.5. The average molecular weight is 457 g/mol. The molecule has 0 heterocycles. The van der Waals surface area contributed by atoms with E-state index in [2.05, 4.69) is 12.1 Å². The van der Waals surface area contributed by atoms with Gasteiger partial charge in [0.25, 0.3) is 0 Å². The van der Waals surface area contributed by atoms with Crippen LogP contribution in [-0.2, 0) is 19.1 Å². The normalized spacial score (nSPS) is 28.4. The maximum atomic E-state index is 13.0. The van der Waals surface area contributed by atoms with Gasteiger partial charge in [0.05, 0.1) is 0 Å². The minimum Gasteiger partial charge on any atom is -0.460 e. The lowest BCUT2D eigenvalue weighted by molar-refractivity contribution is -0.156. The summed E-state index contributed by atoms with van der Waals surface area (Å²) in [5.41, 5.74) is 2.28. The molecule has 0 bridgehead atoms. The van der Waals surface area contributed by atoms with Crippen molar-refractivity contribution in [3.63, 3.8) is 0 Å². The van der Waals surface area contributed by atoms with E-state index in [1.54, 1.807) is 0 Å². The predicted molar refractivity (Wildman–Crippen MR) is 115 cm³/mol. The number of carbonyl (C=O) groups is 2. The summed E-state index contributed by atoms with van der Waals surface area (Å²) >= 11 is 6.63. The quantitative estimate of drug-likeness (QED) is 0.478. The molecule has 2 fully saturated rings. The Morgan fingerprint density at radius 1 is 0.839 bits per heavy atom. The van der Waals surface area contributed by atoms with Crippen molar-refractivity contribution in [1.29, 1.82) is 0 Å². The van der Waals surface area contributed by atoms with Crippen molar-refractivity contribution in [2.45, 2.75) is 102 Å². The minimum atomic E-state index is -1.59. The van der Waals surface area contributed by atoms with E-state index in [4.69, 9.17) is 21.1 Å². The second-order valence-electron chi connectivity index (χ2n) is 8.83. The number of hydrogen-bond donors (Lipinski definition) is 0. The fourth-order valence-corrected chi connectivity index (χ4v) is 4.99. The van der Waals surface area contributed by atoms with Crippen LogP contribution in [0.1, 0.15) is 88.2 Å². The van der Waals surface area contributed by atoms with Gasteiger partial charge in [-0.05, 0) is 94.2 Å². The van der Waals surface area contributed by atoms with Gasteiger partial charge in [-0.1, -0.05) is 23.7 Å². The SMILES string of the molecule is C[C@H](F)C(=O)O[C@H]1CC[C@H](c2ccc([C@H]3CC[C@H](OC(=O)[C@H](C)F)CC3)c(Cl)c2)CC1. The molecule has 2 aliphatic rings. The molecule has 0 aliphatic heterocycles. The van der Waals surface area contributed by atoms with Crippen LogP contribution in [0.3, 0.4) is 0 Å². The molecule has 2 aliphatic carbocycles. The van der Waals surface area contributed by atoms with Crippen LogP contribution in [0.2, 0.25) is 5.02 Å². The van der Waals surface area contributed by atoms with Gasteiger partial charge < -0.3 is 9.47 Å². The average Bonchev–Trinajstić information content (AvgIpc) is 2.74. The first kappa shape index (κ1) is 24.0. The highest BCUT2D eigenvalue weighted by Crippen LogP contribution is 2.40. The first-order valence-electron chi connectivity index (χ1n) is 11.2. The van der Waals surface area contributed by atoms with E-state index in [0.717, 1.165) is 49.1 Å². The third kappa shape index (κ3) is 6.41. The van der Waals surface area contributed by atoms with E-state index in [1.165, 1.54) is 19.4 Å². The fraction of sp³-hybridized carbons (Fsp3) is 0.667. The summed E-state index contributed by atoms with van der Waals surface area (Å²) in [7, 11) is 0. The molecule has 7 heteroatoms. The Morgan fingerprint density at radius 2 is 1.29 bits per heavy atom. The van der Waals surface area contributed by atoms with Gasteiger partial charge in [-0.2, -0.15) is 0 Å². The number of benzene rings is 1. The second-order valence-corrected chi connectivity index (χ2v) is 9.24. The standard InChI is InChI=1S/C24H31ClF2O4/c1-14(26)23(28)30-19-8-3-16(4-9-19)18-7-12-21(22(25)13-18)17-5-10-20(11-6-17)31-24(29)15(2)27/h7,12-17,19-20H,3-6,8-11H2,1-2H3/t14-,15-,16-,17-,19-,20-/m0/s1. The summed E-state index contributed by atoms with van der Waals surface area (Å²) in [6, 6.07) is 6.25. The molecule has 0 N–H and O–H groups in total. The van der Waals surface area contributed by atoms with Gasteiger partial charge in [-0.25, -0.2) is 18.4 Å². The van der Waals surface area contributed by atoms with Crippen LogP contribution in [0, 0.1) is 0 Å². The summed E-state index contributed by atoms with van der Waals surface area (Å²) in [5, 5.41) is 0.745. The van der Waals surface area contributed by atoms with E-state index >= 15 is 0 Å². The maximum absolute atomic E-state index is 13.0. The molecule has 0 spiro atoms. The molecule has 4 nitrogen and oxygen atoms in total. The molecule has 0 amide bonds.